The Morgan fingerprint density at radius 2 is 2.33 bits per heavy atom. The van der Waals surface area contributed by atoms with Gasteiger partial charge in [-0.1, -0.05) is 25.4 Å². The first kappa shape index (κ1) is 13.5. The molecule has 0 amide bonds. The zero-order chi connectivity index (χ0) is 13.1. The van der Waals surface area contributed by atoms with Gasteiger partial charge in [0.2, 0.25) is 0 Å². The lowest BCUT2D eigenvalue weighted by Gasteiger charge is -2.07. The van der Waals surface area contributed by atoms with E-state index in [1.807, 2.05) is 10.6 Å². The normalized spacial score (nSPS) is 11.6. The maximum atomic E-state index is 5.89. The van der Waals surface area contributed by atoms with Crippen LogP contribution in [0.1, 0.15) is 13.8 Å². The number of fused-ring (bicyclic) bond motifs is 1. The molecule has 2 aromatic heterocycles. The summed E-state index contributed by atoms with van der Waals surface area (Å²) in [5.41, 5.74) is 1.67. The van der Waals surface area contributed by atoms with Crippen LogP contribution in [-0.2, 0) is 11.3 Å². The van der Waals surface area contributed by atoms with Crippen LogP contribution >= 0.6 is 23.8 Å². The van der Waals surface area contributed by atoms with Crippen molar-refractivity contribution < 1.29 is 4.74 Å². The Hall–Kier alpha value is -0.910. The van der Waals surface area contributed by atoms with Crippen LogP contribution in [-0.4, -0.2) is 27.7 Å². The van der Waals surface area contributed by atoms with E-state index in [2.05, 4.69) is 23.8 Å². The lowest BCUT2D eigenvalue weighted by molar-refractivity contribution is 0.103. The fourth-order valence-corrected chi connectivity index (χ4v) is 2.15. The van der Waals surface area contributed by atoms with E-state index >= 15 is 0 Å². The number of nitrogens with zero attached hydrogens (tertiary/aromatic N) is 2. The van der Waals surface area contributed by atoms with Crippen LogP contribution in [0.5, 0.6) is 0 Å². The van der Waals surface area contributed by atoms with Gasteiger partial charge in [-0.15, -0.1) is 0 Å². The van der Waals surface area contributed by atoms with Gasteiger partial charge in [-0.05, 0) is 24.2 Å². The van der Waals surface area contributed by atoms with Crippen LogP contribution in [0.15, 0.2) is 12.3 Å². The molecule has 18 heavy (non-hydrogen) atoms. The highest BCUT2D eigenvalue weighted by molar-refractivity contribution is 7.71. The second-order valence-electron chi connectivity index (χ2n) is 4.58. The molecule has 6 heteroatoms. The van der Waals surface area contributed by atoms with Crippen molar-refractivity contribution in [2.75, 3.05) is 13.2 Å². The summed E-state index contributed by atoms with van der Waals surface area (Å²) in [6, 6.07) is 1.82. The van der Waals surface area contributed by atoms with E-state index < -0.39 is 0 Å². The summed E-state index contributed by atoms with van der Waals surface area (Å²) in [6.07, 6.45) is 1.62. The van der Waals surface area contributed by atoms with Gasteiger partial charge in [0.1, 0.15) is 0 Å². The largest absolute Gasteiger partial charge is 0.379 e. The van der Waals surface area contributed by atoms with Gasteiger partial charge >= 0.3 is 0 Å². The topological polar surface area (TPSA) is 42.8 Å². The number of H-pyrrole nitrogens is 1. The number of hydrogen-bond donors (Lipinski definition) is 1. The number of halogens is 1. The minimum absolute atomic E-state index is 0.540. The highest BCUT2D eigenvalue weighted by atomic mass is 35.5. The molecule has 0 fully saturated rings. The third-order valence-corrected chi connectivity index (χ3v) is 3.02. The van der Waals surface area contributed by atoms with Crippen molar-refractivity contribution in [2.24, 2.45) is 5.92 Å². The van der Waals surface area contributed by atoms with Gasteiger partial charge in [0.15, 0.2) is 10.4 Å². The molecule has 0 aliphatic rings. The van der Waals surface area contributed by atoms with Gasteiger partial charge in [0.25, 0.3) is 0 Å². The van der Waals surface area contributed by atoms with Gasteiger partial charge in [0.05, 0.1) is 23.7 Å². The molecule has 1 N–H and O–H groups in total. The zero-order valence-electron chi connectivity index (χ0n) is 10.4. The minimum atomic E-state index is 0.540. The van der Waals surface area contributed by atoms with E-state index in [9.17, 15) is 0 Å². The summed E-state index contributed by atoms with van der Waals surface area (Å²) in [6.45, 7) is 6.33. The lowest BCUT2D eigenvalue weighted by Crippen LogP contribution is -2.09. The van der Waals surface area contributed by atoms with Crippen molar-refractivity contribution in [3.63, 3.8) is 0 Å². The van der Waals surface area contributed by atoms with E-state index in [0.29, 0.717) is 28.9 Å². The van der Waals surface area contributed by atoms with Crippen molar-refractivity contribution in [3.05, 3.63) is 22.1 Å². The third kappa shape index (κ3) is 3.10. The van der Waals surface area contributed by atoms with Crippen LogP contribution in [0, 0.1) is 10.7 Å². The first-order valence-corrected chi connectivity index (χ1v) is 6.68. The summed E-state index contributed by atoms with van der Waals surface area (Å²) in [5.74, 6) is 0.540. The van der Waals surface area contributed by atoms with Crippen molar-refractivity contribution in [2.45, 2.75) is 20.4 Å². The number of ether oxygens (including phenoxy) is 1. The molecule has 98 valence electrons. The second kappa shape index (κ2) is 5.82. The molecule has 2 heterocycles. The Balaban J connectivity index is 2.13. The number of aromatic nitrogens is 3. The number of pyridine rings is 1. The molecule has 0 spiro atoms. The first-order chi connectivity index (χ1) is 8.58. The van der Waals surface area contributed by atoms with E-state index in [1.165, 1.54) is 0 Å². The molecule has 0 unspecified atom stereocenters. The molecule has 2 aromatic rings. The van der Waals surface area contributed by atoms with Crippen molar-refractivity contribution in [1.82, 2.24) is 14.5 Å². The fraction of sp³-hybridized carbons (Fsp3) is 0.500. The number of imidazole rings is 1. The number of rotatable bonds is 5. The van der Waals surface area contributed by atoms with Gasteiger partial charge in [0, 0.05) is 12.8 Å². The summed E-state index contributed by atoms with van der Waals surface area (Å²) >= 11 is 11.2. The van der Waals surface area contributed by atoms with Crippen molar-refractivity contribution in [1.29, 1.82) is 0 Å². The molecule has 0 aliphatic carbocycles. The summed E-state index contributed by atoms with van der Waals surface area (Å²) in [5, 5.41) is 0.599. The molecule has 0 radical (unpaired) electrons. The maximum absolute atomic E-state index is 5.89. The fourth-order valence-electron chi connectivity index (χ4n) is 1.70. The van der Waals surface area contributed by atoms with E-state index in [0.717, 1.165) is 17.8 Å². The van der Waals surface area contributed by atoms with Gasteiger partial charge in [-0.3, -0.25) is 4.57 Å². The lowest BCUT2D eigenvalue weighted by atomic mass is 10.2. The Labute approximate surface area is 116 Å². The Morgan fingerprint density at radius 1 is 1.56 bits per heavy atom. The molecule has 0 saturated carbocycles. The second-order valence-corrected chi connectivity index (χ2v) is 5.40. The van der Waals surface area contributed by atoms with Crippen LogP contribution in [0.4, 0.5) is 0 Å². The Bertz CT molecular complexity index is 591. The van der Waals surface area contributed by atoms with Gasteiger partial charge in [-0.2, -0.15) is 0 Å². The Kier molecular flexibility index (Phi) is 4.37. The molecule has 0 aliphatic heterocycles. The molecule has 0 bridgehead atoms. The summed E-state index contributed by atoms with van der Waals surface area (Å²) in [4.78, 5) is 7.39. The van der Waals surface area contributed by atoms with Crippen molar-refractivity contribution >= 4 is 35.0 Å². The predicted octanol–water partition coefficient (Wildman–Crippen LogP) is 3.42. The average Bonchev–Trinajstić information content (AvgIpc) is 2.59. The molecule has 0 aromatic carbocycles. The molecule has 0 atom stereocenters. The summed E-state index contributed by atoms with van der Waals surface area (Å²) < 4.78 is 8.14. The third-order valence-electron chi connectivity index (χ3n) is 2.49. The summed E-state index contributed by atoms with van der Waals surface area (Å²) in [7, 11) is 0. The number of nitrogens with one attached hydrogen (secondary N) is 1. The molecule has 0 saturated heterocycles. The molecular weight excluding hydrogens is 270 g/mol. The van der Waals surface area contributed by atoms with Gasteiger partial charge < -0.3 is 9.72 Å². The smallest absolute Gasteiger partial charge is 0.179 e. The molecule has 2 rings (SSSR count). The monoisotopic (exact) mass is 285 g/mol. The number of hydrogen-bond acceptors (Lipinski definition) is 3. The SMILES string of the molecule is CC(C)COCCn1c(=S)[nH]c2cc(Cl)cnc21. The molecule has 4 nitrogen and oxygen atoms in total. The predicted molar refractivity (Wildman–Crippen MR) is 75.6 cm³/mol. The quantitative estimate of drug-likeness (QED) is 0.676. The van der Waals surface area contributed by atoms with Crippen LogP contribution in [0.2, 0.25) is 5.02 Å². The molecular formula is C12H16ClN3OS. The first-order valence-electron chi connectivity index (χ1n) is 5.89. The average molecular weight is 286 g/mol. The van der Waals surface area contributed by atoms with E-state index in [-0.39, 0.29) is 0 Å². The standard InChI is InChI=1S/C12H16ClN3OS/c1-8(2)7-17-4-3-16-11-10(15-12(16)18)5-9(13)6-14-11/h5-6,8H,3-4,7H2,1-2H3,(H,15,18). The minimum Gasteiger partial charge on any atom is -0.379 e. The number of aromatic amines is 1. The van der Waals surface area contributed by atoms with E-state index in [4.69, 9.17) is 28.6 Å². The van der Waals surface area contributed by atoms with Gasteiger partial charge in [-0.25, -0.2) is 4.98 Å². The van der Waals surface area contributed by atoms with Crippen LogP contribution in [0.25, 0.3) is 11.2 Å². The van der Waals surface area contributed by atoms with E-state index in [1.54, 1.807) is 6.20 Å². The van der Waals surface area contributed by atoms with Crippen LogP contribution in [0.3, 0.4) is 0 Å². The van der Waals surface area contributed by atoms with Crippen molar-refractivity contribution in [3.8, 4) is 0 Å². The highest BCUT2D eigenvalue weighted by Crippen LogP contribution is 2.16. The maximum Gasteiger partial charge on any atom is 0.179 e. The zero-order valence-corrected chi connectivity index (χ0v) is 12.0. The Morgan fingerprint density at radius 3 is 3.06 bits per heavy atom. The van der Waals surface area contributed by atoms with Crippen LogP contribution < -0.4 is 0 Å². The highest BCUT2D eigenvalue weighted by Gasteiger charge is 2.06.